The maximum atomic E-state index is 12.2. The lowest BCUT2D eigenvalue weighted by Crippen LogP contribution is -2.48. The van der Waals surface area contributed by atoms with Crippen molar-refractivity contribution in [1.82, 2.24) is 5.32 Å². The Hall–Kier alpha value is -1.82. The van der Waals surface area contributed by atoms with Crippen LogP contribution in [0.2, 0.25) is 0 Å². The summed E-state index contributed by atoms with van der Waals surface area (Å²) in [6.07, 6.45) is 6.00. The van der Waals surface area contributed by atoms with Gasteiger partial charge in [0.2, 0.25) is 5.91 Å². The van der Waals surface area contributed by atoms with Crippen molar-refractivity contribution in [2.24, 2.45) is 0 Å². The van der Waals surface area contributed by atoms with Crippen molar-refractivity contribution in [3.63, 3.8) is 0 Å². The van der Waals surface area contributed by atoms with Crippen LogP contribution in [0.15, 0.2) is 18.2 Å². The summed E-state index contributed by atoms with van der Waals surface area (Å²) < 4.78 is 0. The van der Waals surface area contributed by atoms with Gasteiger partial charge in [-0.1, -0.05) is 48.6 Å². The number of amides is 1. The molecule has 1 N–H and O–H groups in total. The quantitative estimate of drug-likeness (QED) is 0.918. The fourth-order valence-corrected chi connectivity index (χ4v) is 3.22. The topological polar surface area (TPSA) is 52.9 Å². The van der Waals surface area contributed by atoms with E-state index in [0.29, 0.717) is 6.42 Å². The van der Waals surface area contributed by atoms with E-state index >= 15 is 0 Å². The molecule has 1 saturated carbocycles. The normalized spacial score (nSPS) is 17.0. The average Bonchev–Trinajstić information content (AvgIpc) is 2.45. The van der Waals surface area contributed by atoms with Crippen LogP contribution in [0.5, 0.6) is 0 Å². The lowest BCUT2D eigenvalue weighted by atomic mass is 9.82. The van der Waals surface area contributed by atoms with Crippen molar-refractivity contribution in [2.45, 2.75) is 64.3 Å². The van der Waals surface area contributed by atoms with Crippen molar-refractivity contribution < 1.29 is 4.79 Å². The number of nitrogens with one attached hydrogen (secondary N) is 1. The average molecular weight is 284 g/mol. The molecule has 2 rings (SSSR count). The van der Waals surface area contributed by atoms with Crippen LogP contribution in [-0.4, -0.2) is 11.4 Å². The molecule has 21 heavy (non-hydrogen) atoms. The Morgan fingerprint density at radius 2 is 1.81 bits per heavy atom. The monoisotopic (exact) mass is 284 g/mol. The molecule has 1 aromatic carbocycles. The Bertz CT molecular complexity index is 531. The highest BCUT2D eigenvalue weighted by Gasteiger charge is 2.33. The van der Waals surface area contributed by atoms with Gasteiger partial charge in [-0.25, -0.2) is 0 Å². The van der Waals surface area contributed by atoms with Crippen LogP contribution in [0.4, 0.5) is 0 Å². The smallest absolute Gasteiger partial charge is 0.221 e. The van der Waals surface area contributed by atoms with Crippen molar-refractivity contribution >= 4 is 5.91 Å². The third-order valence-electron chi connectivity index (χ3n) is 4.22. The van der Waals surface area contributed by atoms with Gasteiger partial charge in [0.05, 0.1) is 6.07 Å². The maximum absolute atomic E-state index is 12.2. The van der Waals surface area contributed by atoms with Crippen molar-refractivity contribution in [2.75, 3.05) is 0 Å². The van der Waals surface area contributed by atoms with Gasteiger partial charge >= 0.3 is 0 Å². The largest absolute Gasteiger partial charge is 0.338 e. The zero-order valence-corrected chi connectivity index (χ0v) is 13.0. The molecule has 0 spiro atoms. The molecule has 1 amide bonds. The van der Waals surface area contributed by atoms with E-state index < -0.39 is 5.54 Å². The summed E-state index contributed by atoms with van der Waals surface area (Å²) in [5.41, 5.74) is 3.03. The molecule has 3 nitrogen and oxygen atoms in total. The van der Waals surface area contributed by atoms with Gasteiger partial charge in [-0.15, -0.1) is 0 Å². The highest BCUT2D eigenvalue weighted by atomic mass is 16.1. The van der Waals surface area contributed by atoms with E-state index in [-0.39, 0.29) is 5.91 Å². The van der Waals surface area contributed by atoms with E-state index in [9.17, 15) is 10.1 Å². The van der Waals surface area contributed by atoms with Crippen LogP contribution < -0.4 is 5.32 Å². The molecule has 0 aromatic heterocycles. The first-order valence-corrected chi connectivity index (χ1v) is 7.82. The molecular formula is C18H24N2O. The van der Waals surface area contributed by atoms with Gasteiger partial charge < -0.3 is 5.32 Å². The molecule has 0 unspecified atom stereocenters. The van der Waals surface area contributed by atoms with Gasteiger partial charge in [0.15, 0.2) is 0 Å². The van der Waals surface area contributed by atoms with Crippen molar-refractivity contribution in [1.29, 1.82) is 5.26 Å². The van der Waals surface area contributed by atoms with Crippen LogP contribution in [0.25, 0.3) is 0 Å². The molecule has 1 aromatic rings. The molecule has 3 heteroatoms. The minimum atomic E-state index is -0.613. The minimum Gasteiger partial charge on any atom is -0.338 e. The molecule has 0 saturated heterocycles. The molecule has 0 atom stereocenters. The minimum absolute atomic E-state index is 0.00221. The van der Waals surface area contributed by atoms with E-state index in [1.165, 1.54) is 23.1 Å². The third-order valence-corrected chi connectivity index (χ3v) is 4.22. The Balaban J connectivity index is 1.91. The van der Waals surface area contributed by atoms with Crippen LogP contribution in [-0.2, 0) is 11.2 Å². The Labute approximate surface area is 127 Å². The predicted molar refractivity (Wildman–Crippen MR) is 83.8 cm³/mol. The molecule has 0 radical (unpaired) electrons. The molecule has 1 fully saturated rings. The number of carbonyl (C=O) groups excluding carboxylic acids is 1. The summed E-state index contributed by atoms with van der Waals surface area (Å²) in [7, 11) is 0. The Morgan fingerprint density at radius 3 is 2.38 bits per heavy atom. The first-order valence-electron chi connectivity index (χ1n) is 7.82. The molecular weight excluding hydrogens is 260 g/mol. The molecule has 0 aliphatic heterocycles. The van der Waals surface area contributed by atoms with E-state index in [4.69, 9.17) is 0 Å². The number of hydrogen-bond acceptors (Lipinski definition) is 2. The summed E-state index contributed by atoms with van der Waals surface area (Å²) in [6, 6.07) is 8.72. The van der Waals surface area contributed by atoms with Gasteiger partial charge in [0.25, 0.3) is 0 Å². The summed E-state index contributed by atoms with van der Waals surface area (Å²) in [6.45, 7) is 4.15. The lowest BCUT2D eigenvalue weighted by molar-refractivity contribution is -0.122. The number of rotatable bonds is 4. The SMILES string of the molecule is Cc1cc(C)cc(CCC(=O)NC2(C#N)CCCCC2)c1. The van der Waals surface area contributed by atoms with Crippen LogP contribution in [0.3, 0.4) is 0 Å². The second kappa shape index (κ2) is 6.76. The molecule has 0 heterocycles. The number of hydrogen-bond donors (Lipinski definition) is 1. The second-order valence-electron chi connectivity index (χ2n) is 6.30. The number of benzene rings is 1. The highest BCUT2D eigenvalue weighted by Crippen LogP contribution is 2.27. The molecule has 1 aliphatic carbocycles. The molecule has 112 valence electrons. The van der Waals surface area contributed by atoms with Crippen LogP contribution in [0.1, 0.15) is 55.2 Å². The standard InChI is InChI=1S/C18H24N2O/c1-14-10-15(2)12-16(11-14)6-7-17(21)20-18(13-19)8-4-3-5-9-18/h10-12H,3-9H2,1-2H3,(H,20,21). The summed E-state index contributed by atoms with van der Waals surface area (Å²) in [5, 5.41) is 12.4. The number of aryl methyl sites for hydroxylation is 3. The van der Waals surface area contributed by atoms with Crippen LogP contribution >= 0.6 is 0 Å². The van der Waals surface area contributed by atoms with Crippen LogP contribution in [0, 0.1) is 25.2 Å². The number of nitriles is 1. The predicted octanol–water partition coefficient (Wildman–Crippen LogP) is 3.58. The summed E-state index contributed by atoms with van der Waals surface area (Å²) in [5.74, 6) is -0.00221. The fraction of sp³-hybridized carbons (Fsp3) is 0.556. The molecule has 1 aliphatic rings. The van der Waals surface area contributed by atoms with E-state index in [0.717, 1.165) is 32.1 Å². The maximum Gasteiger partial charge on any atom is 0.221 e. The zero-order valence-electron chi connectivity index (χ0n) is 13.0. The Morgan fingerprint density at radius 1 is 1.19 bits per heavy atom. The third kappa shape index (κ3) is 4.32. The first-order chi connectivity index (χ1) is 10.0. The van der Waals surface area contributed by atoms with Gasteiger partial charge in [-0.2, -0.15) is 5.26 Å². The number of carbonyl (C=O) groups is 1. The van der Waals surface area contributed by atoms with Crippen molar-refractivity contribution in [3.05, 3.63) is 34.9 Å². The fourth-order valence-electron chi connectivity index (χ4n) is 3.22. The van der Waals surface area contributed by atoms with E-state index in [2.05, 4.69) is 43.4 Å². The second-order valence-corrected chi connectivity index (χ2v) is 6.30. The van der Waals surface area contributed by atoms with Gasteiger partial charge in [-0.05, 0) is 38.7 Å². The van der Waals surface area contributed by atoms with Gasteiger partial charge in [-0.3, -0.25) is 4.79 Å². The van der Waals surface area contributed by atoms with Gasteiger partial charge in [0, 0.05) is 6.42 Å². The first kappa shape index (κ1) is 15.6. The zero-order chi connectivity index (χ0) is 15.3. The summed E-state index contributed by atoms with van der Waals surface area (Å²) in [4.78, 5) is 12.2. The van der Waals surface area contributed by atoms with Gasteiger partial charge in [0.1, 0.15) is 5.54 Å². The highest BCUT2D eigenvalue weighted by molar-refractivity contribution is 5.77. The van der Waals surface area contributed by atoms with E-state index in [1.54, 1.807) is 0 Å². The lowest BCUT2D eigenvalue weighted by Gasteiger charge is -2.31. The molecule has 0 bridgehead atoms. The number of nitrogens with zero attached hydrogens (tertiary/aromatic N) is 1. The Kier molecular flexibility index (Phi) is 5.01. The van der Waals surface area contributed by atoms with Crippen molar-refractivity contribution in [3.8, 4) is 6.07 Å². The van der Waals surface area contributed by atoms with E-state index in [1.807, 2.05) is 0 Å². The summed E-state index contributed by atoms with van der Waals surface area (Å²) >= 11 is 0.